The molecule has 0 unspecified atom stereocenters. The fraction of sp³-hybridized carbons (Fsp3) is 0.455. The smallest absolute Gasteiger partial charge is 0.270 e. The Morgan fingerprint density at radius 1 is 1.43 bits per heavy atom. The largest absolute Gasteiger partial charge is 0.312 e. The van der Waals surface area contributed by atoms with Crippen molar-refractivity contribution < 1.29 is 0 Å². The van der Waals surface area contributed by atoms with E-state index in [0.29, 0.717) is 11.4 Å². The summed E-state index contributed by atoms with van der Waals surface area (Å²) in [6, 6.07) is 0. The fourth-order valence-corrected chi connectivity index (χ4v) is 1.19. The van der Waals surface area contributed by atoms with Gasteiger partial charge in [-0.05, 0) is 25.7 Å². The van der Waals surface area contributed by atoms with Crippen LogP contribution in [-0.4, -0.2) is 9.97 Å². The molecular weight excluding hydrogens is 176 g/mol. The molecule has 0 fully saturated rings. The molecule has 1 rings (SSSR count). The summed E-state index contributed by atoms with van der Waals surface area (Å²) in [6.07, 6.45) is 0. The van der Waals surface area contributed by atoms with Crippen LogP contribution in [0.4, 0.5) is 0 Å². The number of aromatic nitrogens is 2. The van der Waals surface area contributed by atoms with E-state index >= 15 is 0 Å². The van der Waals surface area contributed by atoms with E-state index in [1.54, 1.807) is 13.8 Å². The van der Waals surface area contributed by atoms with Crippen LogP contribution >= 0.6 is 0 Å². The standard InChI is InChI=1S/C11H14N2O/c1-5-6-9-10(7(2)3)12-8(4)11(14)13-9/h7H,1-4H3,(H,13,14). The van der Waals surface area contributed by atoms with Crippen LogP contribution in [-0.2, 0) is 0 Å². The molecule has 0 spiro atoms. The van der Waals surface area contributed by atoms with Crippen LogP contribution in [0, 0.1) is 18.8 Å². The van der Waals surface area contributed by atoms with Crippen LogP contribution in [0.2, 0.25) is 0 Å². The molecule has 0 aromatic carbocycles. The first-order chi connectivity index (χ1) is 6.56. The Bertz CT molecular complexity index is 447. The van der Waals surface area contributed by atoms with Crippen LogP contribution in [0.5, 0.6) is 0 Å². The molecule has 0 saturated carbocycles. The minimum atomic E-state index is -0.160. The molecule has 0 aliphatic carbocycles. The number of nitrogens with one attached hydrogen (secondary N) is 1. The summed E-state index contributed by atoms with van der Waals surface area (Å²) in [4.78, 5) is 18.3. The molecule has 0 saturated heterocycles. The van der Waals surface area contributed by atoms with Gasteiger partial charge in [0.25, 0.3) is 5.56 Å². The van der Waals surface area contributed by atoms with Crippen molar-refractivity contribution in [2.24, 2.45) is 0 Å². The number of rotatable bonds is 1. The Morgan fingerprint density at radius 2 is 2.07 bits per heavy atom. The number of hydrogen-bond acceptors (Lipinski definition) is 2. The van der Waals surface area contributed by atoms with Crippen molar-refractivity contribution in [2.75, 3.05) is 0 Å². The molecule has 0 bridgehead atoms. The molecule has 1 aromatic rings. The van der Waals surface area contributed by atoms with E-state index in [0.717, 1.165) is 5.69 Å². The third kappa shape index (κ3) is 2.02. The van der Waals surface area contributed by atoms with Crippen LogP contribution in [0.25, 0.3) is 0 Å². The topological polar surface area (TPSA) is 45.8 Å². The third-order valence-corrected chi connectivity index (χ3v) is 1.91. The molecule has 1 N–H and O–H groups in total. The maximum Gasteiger partial charge on any atom is 0.270 e. The van der Waals surface area contributed by atoms with Gasteiger partial charge < -0.3 is 4.98 Å². The Hall–Kier alpha value is -1.56. The molecule has 0 atom stereocenters. The van der Waals surface area contributed by atoms with Gasteiger partial charge in [0.1, 0.15) is 11.4 Å². The van der Waals surface area contributed by atoms with Gasteiger partial charge >= 0.3 is 0 Å². The molecule has 0 aliphatic heterocycles. The van der Waals surface area contributed by atoms with E-state index in [9.17, 15) is 4.79 Å². The molecule has 74 valence electrons. The van der Waals surface area contributed by atoms with Crippen LogP contribution in [0.15, 0.2) is 4.79 Å². The molecule has 14 heavy (non-hydrogen) atoms. The summed E-state index contributed by atoms with van der Waals surface area (Å²) in [7, 11) is 0. The summed E-state index contributed by atoms with van der Waals surface area (Å²) >= 11 is 0. The van der Waals surface area contributed by atoms with Gasteiger partial charge in [-0.15, -0.1) is 0 Å². The third-order valence-electron chi connectivity index (χ3n) is 1.91. The van der Waals surface area contributed by atoms with Crippen LogP contribution in [0.3, 0.4) is 0 Å². The lowest BCUT2D eigenvalue weighted by molar-refractivity contribution is 0.790. The van der Waals surface area contributed by atoms with E-state index in [4.69, 9.17) is 0 Å². The number of aromatic amines is 1. The van der Waals surface area contributed by atoms with Gasteiger partial charge in [-0.3, -0.25) is 4.79 Å². The predicted octanol–water partition coefficient (Wildman–Crippen LogP) is 1.57. The Morgan fingerprint density at radius 3 is 2.57 bits per heavy atom. The van der Waals surface area contributed by atoms with Crippen molar-refractivity contribution in [3.8, 4) is 11.8 Å². The quantitative estimate of drug-likeness (QED) is 0.683. The predicted molar refractivity (Wildman–Crippen MR) is 56.2 cm³/mol. The van der Waals surface area contributed by atoms with Crippen LogP contribution < -0.4 is 5.56 Å². The minimum Gasteiger partial charge on any atom is -0.312 e. The normalized spacial score (nSPS) is 9.79. The summed E-state index contributed by atoms with van der Waals surface area (Å²) in [5.41, 5.74) is 1.83. The number of aryl methyl sites for hydroxylation is 1. The van der Waals surface area contributed by atoms with Crippen LogP contribution in [0.1, 0.15) is 43.8 Å². The second kappa shape index (κ2) is 4.10. The molecule has 1 aromatic heterocycles. The second-order valence-electron chi connectivity index (χ2n) is 3.44. The Balaban J connectivity index is 3.44. The van der Waals surface area contributed by atoms with E-state index in [2.05, 4.69) is 21.8 Å². The lowest BCUT2D eigenvalue weighted by Gasteiger charge is -2.07. The van der Waals surface area contributed by atoms with Gasteiger partial charge in [-0.2, -0.15) is 0 Å². The van der Waals surface area contributed by atoms with Crippen molar-refractivity contribution >= 4 is 0 Å². The molecule has 3 heteroatoms. The molecule has 0 amide bonds. The van der Waals surface area contributed by atoms with Gasteiger partial charge in [-0.25, -0.2) is 4.98 Å². The number of hydrogen-bond donors (Lipinski definition) is 1. The zero-order chi connectivity index (χ0) is 10.7. The molecular formula is C11H14N2O. The van der Waals surface area contributed by atoms with E-state index < -0.39 is 0 Å². The van der Waals surface area contributed by atoms with E-state index in [1.165, 1.54) is 0 Å². The number of nitrogens with zero attached hydrogens (tertiary/aromatic N) is 1. The zero-order valence-corrected chi connectivity index (χ0v) is 8.93. The lowest BCUT2D eigenvalue weighted by Crippen LogP contribution is -2.17. The van der Waals surface area contributed by atoms with Gasteiger partial charge in [0.05, 0.1) is 5.69 Å². The van der Waals surface area contributed by atoms with Crippen molar-refractivity contribution in [1.82, 2.24) is 9.97 Å². The molecule has 3 nitrogen and oxygen atoms in total. The van der Waals surface area contributed by atoms with Crippen molar-refractivity contribution in [2.45, 2.75) is 33.6 Å². The first-order valence-electron chi connectivity index (χ1n) is 4.59. The van der Waals surface area contributed by atoms with Gasteiger partial charge in [-0.1, -0.05) is 19.8 Å². The van der Waals surface area contributed by atoms with E-state index in [-0.39, 0.29) is 11.5 Å². The van der Waals surface area contributed by atoms with Crippen molar-refractivity contribution in [3.05, 3.63) is 27.4 Å². The zero-order valence-electron chi connectivity index (χ0n) is 8.93. The lowest BCUT2D eigenvalue weighted by atomic mass is 10.1. The summed E-state index contributed by atoms with van der Waals surface area (Å²) in [6.45, 7) is 7.50. The number of H-pyrrole nitrogens is 1. The Labute approximate surface area is 83.6 Å². The highest BCUT2D eigenvalue weighted by Gasteiger charge is 2.09. The molecule has 0 radical (unpaired) electrons. The van der Waals surface area contributed by atoms with E-state index in [1.807, 2.05) is 13.8 Å². The average Bonchev–Trinajstić information content (AvgIpc) is 2.11. The summed E-state index contributed by atoms with van der Waals surface area (Å²) in [5.74, 6) is 5.89. The maximum atomic E-state index is 11.3. The first-order valence-corrected chi connectivity index (χ1v) is 4.59. The highest BCUT2D eigenvalue weighted by Crippen LogP contribution is 2.13. The molecule has 0 aliphatic rings. The highest BCUT2D eigenvalue weighted by atomic mass is 16.1. The molecule has 1 heterocycles. The minimum absolute atomic E-state index is 0.160. The second-order valence-corrected chi connectivity index (χ2v) is 3.44. The van der Waals surface area contributed by atoms with Crippen molar-refractivity contribution in [1.29, 1.82) is 0 Å². The van der Waals surface area contributed by atoms with Crippen molar-refractivity contribution in [3.63, 3.8) is 0 Å². The summed E-state index contributed by atoms with van der Waals surface area (Å²) in [5, 5.41) is 0. The SMILES string of the molecule is CC#Cc1[nH]c(=O)c(C)nc1C(C)C. The monoisotopic (exact) mass is 190 g/mol. The maximum absolute atomic E-state index is 11.3. The van der Waals surface area contributed by atoms with Gasteiger partial charge in [0.15, 0.2) is 0 Å². The average molecular weight is 190 g/mol. The fourth-order valence-electron chi connectivity index (χ4n) is 1.19. The van der Waals surface area contributed by atoms with Gasteiger partial charge in [0.2, 0.25) is 0 Å². The first kappa shape index (κ1) is 10.5. The highest BCUT2D eigenvalue weighted by molar-refractivity contribution is 5.33. The van der Waals surface area contributed by atoms with Gasteiger partial charge in [0, 0.05) is 0 Å². The summed E-state index contributed by atoms with van der Waals surface area (Å²) < 4.78 is 0. The Kier molecular flexibility index (Phi) is 3.08.